The zero-order valence-electron chi connectivity index (χ0n) is 12.5. The van der Waals surface area contributed by atoms with Crippen LogP contribution >= 0.6 is 0 Å². The molecule has 0 aliphatic rings. The topological polar surface area (TPSA) is 113 Å². The molecule has 0 radical (unpaired) electrons. The summed E-state index contributed by atoms with van der Waals surface area (Å²) in [7, 11) is 0. The van der Waals surface area contributed by atoms with Crippen molar-refractivity contribution in [1.29, 1.82) is 0 Å². The largest absolute Gasteiger partial charge is 0.438 e. The Bertz CT molecular complexity index is 1090. The summed E-state index contributed by atoms with van der Waals surface area (Å²) < 4.78 is 18.6. The molecule has 0 saturated heterocycles. The van der Waals surface area contributed by atoms with Gasteiger partial charge in [-0.25, -0.2) is 9.37 Å². The molecule has 0 aliphatic carbocycles. The van der Waals surface area contributed by atoms with Gasteiger partial charge >= 0.3 is 0 Å². The van der Waals surface area contributed by atoms with Gasteiger partial charge in [0, 0.05) is 23.8 Å². The van der Waals surface area contributed by atoms with E-state index in [2.05, 4.69) is 20.4 Å². The summed E-state index contributed by atoms with van der Waals surface area (Å²) in [5, 5.41) is 22.8. The molecule has 9 nitrogen and oxygen atoms in total. The summed E-state index contributed by atoms with van der Waals surface area (Å²) in [6.07, 6.45) is 0. The normalized spacial score (nSPS) is 11.1. The number of benzene rings is 2. The molecule has 0 bridgehead atoms. The number of oxazole rings is 1. The molecule has 0 atom stereocenters. The van der Waals surface area contributed by atoms with Gasteiger partial charge in [0.2, 0.25) is 11.7 Å². The number of aromatic nitrogens is 5. The van der Waals surface area contributed by atoms with Gasteiger partial charge in [-0.05, 0) is 17.3 Å². The van der Waals surface area contributed by atoms with E-state index >= 15 is 0 Å². The fourth-order valence-electron chi connectivity index (χ4n) is 2.32. The third-order valence-corrected chi connectivity index (χ3v) is 3.44. The summed E-state index contributed by atoms with van der Waals surface area (Å²) in [6, 6.07) is 9.99. The van der Waals surface area contributed by atoms with E-state index in [4.69, 9.17) is 4.42 Å². The van der Waals surface area contributed by atoms with Crippen molar-refractivity contribution in [1.82, 2.24) is 25.2 Å². The van der Waals surface area contributed by atoms with Crippen molar-refractivity contribution in [3.05, 3.63) is 64.3 Å². The molecular formula is C15H9FN6O3. The van der Waals surface area contributed by atoms with Crippen LogP contribution in [0, 0.1) is 15.9 Å². The Labute approximate surface area is 138 Å². The van der Waals surface area contributed by atoms with Crippen LogP contribution in [0.1, 0.15) is 5.89 Å². The standard InChI is InChI=1S/C15H9FN6O3/c16-10-4-5-12-13(7-10)25-14(17-12)8-21-19-15(18-20-21)9-2-1-3-11(6-9)22(23)24/h1-7H,8H2. The summed E-state index contributed by atoms with van der Waals surface area (Å²) >= 11 is 0. The minimum atomic E-state index is -0.495. The quantitative estimate of drug-likeness (QED) is 0.414. The van der Waals surface area contributed by atoms with Crippen molar-refractivity contribution in [3.63, 3.8) is 0 Å². The molecule has 0 unspecified atom stereocenters. The molecule has 0 saturated carbocycles. The average Bonchev–Trinajstić information content (AvgIpc) is 3.21. The number of non-ortho nitro benzene ring substituents is 1. The van der Waals surface area contributed by atoms with E-state index in [0.717, 1.165) is 0 Å². The minimum Gasteiger partial charge on any atom is -0.438 e. The van der Waals surface area contributed by atoms with Crippen LogP contribution in [-0.4, -0.2) is 30.1 Å². The van der Waals surface area contributed by atoms with Gasteiger partial charge in [-0.2, -0.15) is 4.80 Å². The first-order valence-electron chi connectivity index (χ1n) is 7.16. The third-order valence-electron chi connectivity index (χ3n) is 3.44. The Morgan fingerprint density at radius 3 is 2.96 bits per heavy atom. The van der Waals surface area contributed by atoms with Gasteiger partial charge in [-0.3, -0.25) is 10.1 Å². The number of fused-ring (bicyclic) bond motifs is 1. The van der Waals surface area contributed by atoms with Crippen molar-refractivity contribution in [2.75, 3.05) is 0 Å². The van der Waals surface area contributed by atoms with E-state index in [0.29, 0.717) is 22.6 Å². The summed E-state index contributed by atoms with van der Waals surface area (Å²) in [5.74, 6) is 0.122. The molecule has 10 heteroatoms. The van der Waals surface area contributed by atoms with Crippen LogP contribution in [0.3, 0.4) is 0 Å². The van der Waals surface area contributed by atoms with Crippen LogP contribution in [0.4, 0.5) is 10.1 Å². The molecule has 0 N–H and O–H groups in total. The summed E-state index contributed by atoms with van der Waals surface area (Å²) in [6.45, 7) is 0.0955. The maximum atomic E-state index is 13.2. The Balaban J connectivity index is 1.60. The van der Waals surface area contributed by atoms with E-state index in [1.165, 1.54) is 35.1 Å². The Morgan fingerprint density at radius 2 is 2.12 bits per heavy atom. The highest BCUT2D eigenvalue weighted by Gasteiger charge is 2.13. The van der Waals surface area contributed by atoms with Crippen molar-refractivity contribution in [2.24, 2.45) is 0 Å². The minimum absolute atomic E-state index is 0.0603. The molecule has 2 heterocycles. The maximum absolute atomic E-state index is 13.2. The first-order valence-corrected chi connectivity index (χ1v) is 7.16. The second-order valence-corrected chi connectivity index (χ2v) is 5.17. The average molecular weight is 340 g/mol. The van der Waals surface area contributed by atoms with Crippen molar-refractivity contribution >= 4 is 16.8 Å². The van der Waals surface area contributed by atoms with E-state index in [9.17, 15) is 14.5 Å². The van der Waals surface area contributed by atoms with Crippen LogP contribution in [0.15, 0.2) is 46.9 Å². The predicted molar refractivity (Wildman–Crippen MR) is 83.0 cm³/mol. The molecule has 124 valence electrons. The number of hydrogen-bond donors (Lipinski definition) is 0. The molecule has 4 aromatic rings. The van der Waals surface area contributed by atoms with Crippen molar-refractivity contribution in [3.8, 4) is 11.4 Å². The molecule has 0 amide bonds. The lowest BCUT2D eigenvalue weighted by Crippen LogP contribution is -2.04. The van der Waals surface area contributed by atoms with E-state index in [-0.39, 0.29) is 18.1 Å². The van der Waals surface area contributed by atoms with Gasteiger partial charge in [0.25, 0.3) is 5.69 Å². The lowest BCUT2D eigenvalue weighted by atomic mass is 10.2. The highest BCUT2D eigenvalue weighted by molar-refractivity contribution is 5.72. The van der Waals surface area contributed by atoms with Gasteiger partial charge in [-0.15, -0.1) is 10.2 Å². The summed E-state index contributed by atoms with van der Waals surface area (Å²) in [4.78, 5) is 15.8. The SMILES string of the molecule is O=[N+]([O-])c1cccc(-c2nnn(Cc3nc4ccc(F)cc4o3)n2)c1. The number of halogens is 1. The van der Waals surface area contributed by atoms with Crippen LogP contribution in [-0.2, 0) is 6.54 Å². The number of nitrogens with zero attached hydrogens (tertiary/aromatic N) is 6. The second-order valence-electron chi connectivity index (χ2n) is 5.17. The molecule has 0 aliphatic heterocycles. The lowest BCUT2D eigenvalue weighted by Gasteiger charge is -1.95. The monoisotopic (exact) mass is 340 g/mol. The van der Waals surface area contributed by atoms with Crippen LogP contribution < -0.4 is 0 Å². The van der Waals surface area contributed by atoms with Crippen LogP contribution in [0.2, 0.25) is 0 Å². The van der Waals surface area contributed by atoms with Gasteiger partial charge in [0.1, 0.15) is 17.9 Å². The van der Waals surface area contributed by atoms with E-state index in [1.807, 2.05) is 0 Å². The van der Waals surface area contributed by atoms with Crippen molar-refractivity contribution < 1.29 is 13.7 Å². The molecular weight excluding hydrogens is 331 g/mol. The zero-order valence-corrected chi connectivity index (χ0v) is 12.5. The number of nitro groups is 1. The van der Waals surface area contributed by atoms with Gasteiger partial charge < -0.3 is 4.42 Å². The highest BCUT2D eigenvalue weighted by Crippen LogP contribution is 2.21. The van der Waals surface area contributed by atoms with Crippen LogP contribution in [0.25, 0.3) is 22.5 Å². The molecule has 2 aromatic heterocycles. The first-order chi connectivity index (χ1) is 12.1. The first kappa shape index (κ1) is 14.9. The fraction of sp³-hybridized carbons (Fsp3) is 0.0667. The van der Waals surface area contributed by atoms with Gasteiger partial charge in [-0.1, -0.05) is 12.1 Å². The third kappa shape index (κ3) is 2.92. The predicted octanol–water partition coefficient (Wildman–Crippen LogP) is 2.58. The van der Waals surface area contributed by atoms with E-state index in [1.54, 1.807) is 12.1 Å². The highest BCUT2D eigenvalue weighted by atomic mass is 19.1. The zero-order chi connectivity index (χ0) is 17.4. The van der Waals surface area contributed by atoms with Gasteiger partial charge in [0.15, 0.2) is 5.58 Å². The number of nitro benzene ring substituents is 1. The number of tetrazole rings is 1. The molecule has 2 aromatic carbocycles. The Kier molecular flexibility index (Phi) is 3.42. The Morgan fingerprint density at radius 1 is 1.24 bits per heavy atom. The van der Waals surface area contributed by atoms with Crippen LogP contribution in [0.5, 0.6) is 0 Å². The molecule has 25 heavy (non-hydrogen) atoms. The fourth-order valence-corrected chi connectivity index (χ4v) is 2.32. The smallest absolute Gasteiger partial charge is 0.270 e. The summed E-state index contributed by atoms with van der Waals surface area (Å²) in [5.41, 5.74) is 1.26. The number of hydrogen-bond acceptors (Lipinski definition) is 7. The van der Waals surface area contributed by atoms with Crippen molar-refractivity contribution in [2.45, 2.75) is 6.54 Å². The molecule has 4 rings (SSSR count). The Hall–Kier alpha value is -3.69. The second kappa shape index (κ2) is 5.74. The lowest BCUT2D eigenvalue weighted by molar-refractivity contribution is -0.384. The van der Waals surface area contributed by atoms with Gasteiger partial charge in [0.05, 0.1) is 4.92 Å². The maximum Gasteiger partial charge on any atom is 0.270 e. The molecule has 0 fully saturated rings. The number of rotatable bonds is 4. The van der Waals surface area contributed by atoms with E-state index < -0.39 is 10.7 Å². The molecule has 0 spiro atoms.